The highest BCUT2D eigenvalue weighted by atomic mass is 32.2. The van der Waals surface area contributed by atoms with Crippen molar-refractivity contribution < 1.29 is 14.0 Å². The number of hydrogen-bond acceptors (Lipinski definition) is 6. The lowest BCUT2D eigenvalue weighted by Crippen LogP contribution is -2.27. The van der Waals surface area contributed by atoms with Gasteiger partial charge in [0.25, 0.3) is 0 Å². The SMILES string of the molecule is O=C(Cc1csc(SCC(=O)Nc2ccc(F)cc2)n1)NCCc1cccs1. The molecule has 0 unspecified atom stereocenters. The van der Waals surface area contributed by atoms with Crippen LogP contribution in [0.25, 0.3) is 0 Å². The summed E-state index contributed by atoms with van der Waals surface area (Å²) in [6.45, 7) is 0.606. The second-order valence-corrected chi connectivity index (χ2v) is 8.92. The number of carbonyl (C=O) groups excluding carboxylic acids is 2. The summed E-state index contributed by atoms with van der Waals surface area (Å²) < 4.78 is 13.6. The van der Waals surface area contributed by atoms with Gasteiger partial charge in [0.1, 0.15) is 5.82 Å². The minimum Gasteiger partial charge on any atom is -0.355 e. The van der Waals surface area contributed by atoms with Gasteiger partial charge >= 0.3 is 0 Å². The average molecular weight is 436 g/mol. The molecule has 0 fully saturated rings. The standard InChI is InChI=1S/C19H18FN3O2S3/c20-13-3-5-14(6-4-13)22-18(25)12-28-19-23-15(11-27-19)10-17(24)21-8-7-16-2-1-9-26-16/h1-6,9,11H,7-8,10,12H2,(H,21,24)(H,22,25). The Balaban J connectivity index is 1.37. The van der Waals surface area contributed by atoms with Crippen molar-refractivity contribution in [1.82, 2.24) is 10.3 Å². The Morgan fingerprint density at radius 3 is 2.68 bits per heavy atom. The molecule has 0 atom stereocenters. The van der Waals surface area contributed by atoms with Crippen molar-refractivity contribution in [3.63, 3.8) is 0 Å². The highest BCUT2D eigenvalue weighted by Crippen LogP contribution is 2.23. The van der Waals surface area contributed by atoms with E-state index in [9.17, 15) is 14.0 Å². The van der Waals surface area contributed by atoms with Gasteiger partial charge in [0.05, 0.1) is 17.9 Å². The summed E-state index contributed by atoms with van der Waals surface area (Å²) in [7, 11) is 0. The molecule has 146 valence electrons. The molecule has 0 spiro atoms. The molecule has 9 heteroatoms. The molecule has 0 radical (unpaired) electrons. The maximum absolute atomic E-state index is 12.9. The van der Waals surface area contributed by atoms with Gasteiger partial charge in [-0.25, -0.2) is 9.37 Å². The zero-order valence-electron chi connectivity index (χ0n) is 14.8. The number of carbonyl (C=O) groups is 2. The minimum atomic E-state index is -0.349. The summed E-state index contributed by atoms with van der Waals surface area (Å²) in [5.41, 5.74) is 1.24. The van der Waals surface area contributed by atoms with E-state index in [0.29, 0.717) is 17.9 Å². The summed E-state index contributed by atoms with van der Waals surface area (Å²) in [5.74, 6) is -0.414. The Labute approximate surface area is 174 Å². The summed E-state index contributed by atoms with van der Waals surface area (Å²) in [6.07, 6.45) is 1.05. The van der Waals surface area contributed by atoms with E-state index in [1.807, 2.05) is 22.9 Å². The van der Waals surface area contributed by atoms with Gasteiger partial charge < -0.3 is 10.6 Å². The number of amides is 2. The minimum absolute atomic E-state index is 0.0625. The first kappa shape index (κ1) is 20.5. The Bertz CT molecular complexity index is 911. The number of halogens is 1. The van der Waals surface area contributed by atoms with Crippen LogP contribution in [0.1, 0.15) is 10.6 Å². The molecule has 28 heavy (non-hydrogen) atoms. The van der Waals surface area contributed by atoms with Crippen LogP contribution in [0.5, 0.6) is 0 Å². The third-order valence-electron chi connectivity index (χ3n) is 3.60. The van der Waals surface area contributed by atoms with Crippen LogP contribution in [0.4, 0.5) is 10.1 Å². The molecule has 2 amide bonds. The fourth-order valence-corrected chi connectivity index (χ4v) is 4.65. The fraction of sp³-hybridized carbons (Fsp3) is 0.211. The van der Waals surface area contributed by atoms with E-state index in [4.69, 9.17) is 0 Å². The Kier molecular flexibility index (Phi) is 7.58. The molecule has 2 aromatic heterocycles. The van der Waals surface area contributed by atoms with Crippen molar-refractivity contribution >= 4 is 51.9 Å². The van der Waals surface area contributed by atoms with Gasteiger partial charge in [0.15, 0.2) is 4.34 Å². The largest absolute Gasteiger partial charge is 0.355 e. The van der Waals surface area contributed by atoms with Crippen LogP contribution in [-0.4, -0.2) is 29.1 Å². The number of thiophene rings is 1. The van der Waals surface area contributed by atoms with Crippen molar-refractivity contribution in [2.45, 2.75) is 17.2 Å². The van der Waals surface area contributed by atoms with Crippen molar-refractivity contribution in [3.05, 3.63) is 63.5 Å². The molecule has 3 rings (SSSR count). The van der Waals surface area contributed by atoms with Crippen LogP contribution in [0.3, 0.4) is 0 Å². The molecule has 0 saturated carbocycles. The number of rotatable bonds is 9. The summed E-state index contributed by atoms with van der Waals surface area (Å²) in [5, 5.41) is 9.45. The van der Waals surface area contributed by atoms with E-state index in [-0.39, 0.29) is 29.8 Å². The third kappa shape index (κ3) is 6.74. The summed E-state index contributed by atoms with van der Waals surface area (Å²) in [4.78, 5) is 29.6. The quantitative estimate of drug-likeness (QED) is 0.499. The molecular formula is C19H18FN3O2S3. The van der Waals surface area contributed by atoms with E-state index in [2.05, 4.69) is 15.6 Å². The van der Waals surface area contributed by atoms with Gasteiger partial charge in [0, 0.05) is 22.5 Å². The number of thiazole rings is 1. The van der Waals surface area contributed by atoms with Crippen molar-refractivity contribution in [1.29, 1.82) is 0 Å². The average Bonchev–Trinajstić information content (AvgIpc) is 3.34. The summed E-state index contributed by atoms with van der Waals surface area (Å²) in [6, 6.07) is 9.65. The van der Waals surface area contributed by atoms with Crippen molar-refractivity contribution in [2.24, 2.45) is 0 Å². The molecule has 1 aromatic carbocycles. The van der Waals surface area contributed by atoms with Gasteiger partial charge in [-0.3, -0.25) is 9.59 Å². The van der Waals surface area contributed by atoms with Crippen LogP contribution in [0.15, 0.2) is 51.5 Å². The first-order chi connectivity index (χ1) is 13.6. The molecule has 0 aliphatic carbocycles. The topological polar surface area (TPSA) is 71.1 Å². The van der Waals surface area contributed by atoms with Crippen molar-refractivity contribution in [3.8, 4) is 0 Å². The molecule has 2 heterocycles. The Morgan fingerprint density at radius 2 is 1.93 bits per heavy atom. The lowest BCUT2D eigenvalue weighted by Gasteiger charge is -2.04. The maximum Gasteiger partial charge on any atom is 0.234 e. The van der Waals surface area contributed by atoms with E-state index in [1.165, 1.54) is 52.2 Å². The molecular weight excluding hydrogens is 417 g/mol. The number of hydrogen-bond donors (Lipinski definition) is 2. The number of thioether (sulfide) groups is 1. The highest BCUT2D eigenvalue weighted by Gasteiger charge is 2.10. The molecule has 3 aromatic rings. The molecule has 0 aliphatic heterocycles. The predicted octanol–water partition coefficient (Wildman–Crippen LogP) is 3.98. The first-order valence-corrected chi connectivity index (χ1v) is 11.2. The van der Waals surface area contributed by atoms with Crippen LogP contribution in [0, 0.1) is 5.82 Å². The van der Waals surface area contributed by atoms with Gasteiger partial charge in [-0.15, -0.1) is 22.7 Å². The van der Waals surface area contributed by atoms with Gasteiger partial charge in [0.2, 0.25) is 11.8 Å². The molecule has 2 N–H and O–H groups in total. The second-order valence-electron chi connectivity index (χ2n) is 5.80. The van der Waals surface area contributed by atoms with E-state index in [1.54, 1.807) is 11.3 Å². The molecule has 0 aliphatic rings. The van der Waals surface area contributed by atoms with Crippen molar-refractivity contribution in [2.75, 3.05) is 17.6 Å². The van der Waals surface area contributed by atoms with Crippen LogP contribution in [-0.2, 0) is 22.4 Å². The first-order valence-electron chi connectivity index (χ1n) is 8.50. The predicted molar refractivity (Wildman–Crippen MR) is 113 cm³/mol. The van der Waals surface area contributed by atoms with Gasteiger partial charge in [-0.1, -0.05) is 17.8 Å². The zero-order chi connectivity index (χ0) is 19.8. The Hall–Kier alpha value is -2.23. The second kappa shape index (κ2) is 10.4. The maximum atomic E-state index is 12.9. The number of anilines is 1. The molecule has 5 nitrogen and oxygen atoms in total. The van der Waals surface area contributed by atoms with Crippen LogP contribution in [0.2, 0.25) is 0 Å². The Morgan fingerprint density at radius 1 is 1.11 bits per heavy atom. The number of nitrogens with zero attached hydrogens (tertiary/aromatic N) is 1. The van der Waals surface area contributed by atoms with Crippen LogP contribution >= 0.6 is 34.4 Å². The van der Waals surface area contributed by atoms with Crippen LogP contribution < -0.4 is 10.6 Å². The fourth-order valence-electron chi connectivity index (χ4n) is 2.30. The van der Waals surface area contributed by atoms with E-state index in [0.717, 1.165) is 10.8 Å². The highest BCUT2D eigenvalue weighted by molar-refractivity contribution is 8.01. The molecule has 0 saturated heterocycles. The number of aromatic nitrogens is 1. The van der Waals surface area contributed by atoms with E-state index < -0.39 is 0 Å². The van der Waals surface area contributed by atoms with Gasteiger partial charge in [-0.2, -0.15) is 0 Å². The van der Waals surface area contributed by atoms with Gasteiger partial charge in [-0.05, 0) is 42.1 Å². The molecule has 0 bridgehead atoms. The normalized spacial score (nSPS) is 10.6. The monoisotopic (exact) mass is 435 g/mol. The summed E-state index contributed by atoms with van der Waals surface area (Å²) >= 11 is 4.39. The third-order valence-corrected chi connectivity index (χ3v) is 6.61. The zero-order valence-corrected chi connectivity index (χ0v) is 17.3. The number of nitrogens with one attached hydrogen (secondary N) is 2. The smallest absolute Gasteiger partial charge is 0.234 e. The number of benzene rings is 1. The van der Waals surface area contributed by atoms with E-state index >= 15 is 0 Å². The lowest BCUT2D eigenvalue weighted by molar-refractivity contribution is -0.120. The lowest BCUT2D eigenvalue weighted by atomic mass is 10.3.